The molecule has 1 saturated heterocycles. The first-order valence-corrected chi connectivity index (χ1v) is 7.30. The Morgan fingerprint density at radius 2 is 2.05 bits per heavy atom. The van der Waals surface area contributed by atoms with Gasteiger partial charge in [-0.2, -0.15) is 0 Å². The van der Waals surface area contributed by atoms with E-state index in [1.165, 1.54) is 9.80 Å². The minimum atomic E-state index is -0.881. The van der Waals surface area contributed by atoms with E-state index in [2.05, 4.69) is 0 Å². The third-order valence-corrected chi connectivity index (χ3v) is 3.51. The Labute approximate surface area is 124 Å². The number of carbonyl (C=O) groups excluding carboxylic acids is 2. The number of rotatable bonds is 5. The van der Waals surface area contributed by atoms with Crippen molar-refractivity contribution in [3.63, 3.8) is 0 Å². The molecule has 2 amide bonds. The number of urea groups is 1. The number of amides is 2. The smallest absolute Gasteiger partial charge is 0.325 e. The van der Waals surface area contributed by atoms with Gasteiger partial charge < -0.3 is 19.6 Å². The molecule has 1 atom stereocenters. The molecule has 7 heteroatoms. The van der Waals surface area contributed by atoms with Crippen molar-refractivity contribution < 1.29 is 24.2 Å². The summed E-state index contributed by atoms with van der Waals surface area (Å²) in [7, 11) is 0. The van der Waals surface area contributed by atoms with Gasteiger partial charge in [0.25, 0.3) is 0 Å². The zero-order valence-electron chi connectivity index (χ0n) is 12.9. The van der Waals surface area contributed by atoms with Gasteiger partial charge in [-0.05, 0) is 33.6 Å². The van der Waals surface area contributed by atoms with Gasteiger partial charge in [0.2, 0.25) is 0 Å². The topological polar surface area (TPSA) is 87.2 Å². The van der Waals surface area contributed by atoms with Crippen molar-refractivity contribution in [2.24, 2.45) is 5.92 Å². The fourth-order valence-electron chi connectivity index (χ4n) is 2.35. The molecule has 1 fully saturated rings. The maximum Gasteiger partial charge on any atom is 0.325 e. The molecule has 0 saturated carbocycles. The van der Waals surface area contributed by atoms with E-state index in [1.54, 1.807) is 6.92 Å². The molecule has 21 heavy (non-hydrogen) atoms. The molecule has 0 spiro atoms. The molecule has 120 valence electrons. The van der Waals surface area contributed by atoms with Gasteiger partial charge in [0.05, 0.1) is 12.5 Å². The maximum absolute atomic E-state index is 12.5. The second-order valence-corrected chi connectivity index (χ2v) is 5.43. The highest BCUT2D eigenvalue weighted by Crippen LogP contribution is 2.18. The van der Waals surface area contributed by atoms with Crippen LogP contribution in [0.25, 0.3) is 0 Å². The average molecular weight is 300 g/mol. The van der Waals surface area contributed by atoms with Crippen LogP contribution in [0.15, 0.2) is 0 Å². The van der Waals surface area contributed by atoms with Crippen molar-refractivity contribution in [2.75, 3.05) is 26.2 Å². The van der Waals surface area contributed by atoms with Crippen molar-refractivity contribution in [2.45, 2.75) is 39.7 Å². The molecule has 0 aliphatic carbocycles. The van der Waals surface area contributed by atoms with Gasteiger partial charge >= 0.3 is 18.0 Å². The van der Waals surface area contributed by atoms with Crippen LogP contribution in [0, 0.1) is 5.92 Å². The Morgan fingerprint density at radius 1 is 1.38 bits per heavy atom. The summed E-state index contributed by atoms with van der Waals surface area (Å²) in [5, 5.41) is 9.08. The number of aliphatic carboxylic acids is 1. The summed E-state index contributed by atoms with van der Waals surface area (Å²) >= 11 is 0. The first kappa shape index (κ1) is 17.3. The molecule has 1 aliphatic rings. The van der Waals surface area contributed by atoms with Crippen molar-refractivity contribution >= 4 is 18.0 Å². The van der Waals surface area contributed by atoms with Crippen LogP contribution in [-0.4, -0.2) is 65.2 Å². The van der Waals surface area contributed by atoms with Crippen LogP contribution in [0.3, 0.4) is 0 Å². The first-order chi connectivity index (χ1) is 9.86. The fraction of sp³-hybridized carbons (Fsp3) is 0.786. The zero-order valence-corrected chi connectivity index (χ0v) is 12.9. The van der Waals surface area contributed by atoms with E-state index in [0.717, 1.165) is 0 Å². The van der Waals surface area contributed by atoms with Crippen LogP contribution in [-0.2, 0) is 14.3 Å². The van der Waals surface area contributed by atoms with Gasteiger partial charge in [-0.15, -0.1) is 0 Å². The van der Waals surface area contributed by atoms with E-state index in [4.69, 9.17) is 9.84 Å². The van der Waals surface area contributed by atoms with E-state index in [9.17, 15) is 14.4 Å². The van der Waals surface area contributed by atoms with E-state index in [1.807, 2.05) is 13.8 Å². The summed E-state index contributed by atoms with van der Waals surface area (Å²) in [5.41, 5.74) is 0. The zero-order chi connectivity index (χ0) is 16.0. The number of carboxylic acid groups (broad SMARTS) is 1. The molecule has 1 N–H and O–H groups in total. The quantitative estimate of drug-likeness (QED) is 0.770. The average Bonchev–Trinajstić information content (AvgIpc) is 2.44. The molecule has 0 aromatic heterocycles. The highest BCUT2D eigenvalue weighted by Gasteiger charge is 2.32. The number of carboxylic acids is 1. The van der Waals surface area contributed by atoms with Gasteiger partial charge in [-0.1, -0.05) is 0 Å². The number of hydrogen-bond acceptors (Lipinski definition) is 4. The largest absolute Gasteiger partial charge is 0.481 e. The molecule has 1 rings (SSSR count). The van der Waals surface area contributed by atoms with Crippen molar-refractivity contribution in [1.29, 1.82) is 0 Å². The molecule has 0 radical (unpaired) electrons. The molecular weight excluding hydrogens is 276 g/mol. The second-order valence-electron chi connectivity index (χ2n) is 5.43. The van der Waals surface area contributed by atoms with Crippen LogP contribution in [0.1, 0.15) is 33.6 Å². The normalized spacial score (nSPS) is 18.5. The summed E-state index contributed by atoms with van der Waals surface area (Å²) in [6.07, 6.45) is 1.24. The molecular formula is C14H24N2O5. The van der Waals surface area contributed by atoms with Gasteiger partial charge in [-0.3, -0.25) is 9.59 Å². The number of ether oxygens (including phenoxy) is 1. The standard InChI is InChI=1S/C14H24N2O5/c1-4-21-12(17)9-16(10(2)3)14(20)15-7-5-6-11(8-15)13(18)19/h10-11H,4-9H2,1-3H3,(H,18,19)/t11-/m0/s1. The van der Waals surface area contributed by atoms with Crippen LogP contribution < -0.4 is 0 Å². The fourth-order valence-corrected chi connectivity index (χ4v) is 2.35. The van der Waals surface area contributed by atoms with Crippen molar-refractivity contribution in [1.82, 2.24) is 9.80 Å². The number of esters is 1. The molecule has 0 bridgehead atoms. The van der Waals surface area contributed by atoms with E-state index in [-0.39, 0.29) is 31.8 Å². The number of hydrogen-bond donors (Lipinski definition) is 1. The van der Waals surface area contributed by atoms with Gasteiger partial charge in [0.1, 0.15) is 6.54 Å². The van der Waals surface area contributed by atoms with Crippen LogP contribution in [0.2, 0.25) is 0 Å². The Kier molecular flexibility index (Phi) is 6.45. The highest BCUT2D eigenvalue weighted by molar-refractivity contribution is 5.82. The predicted molar refractivity (Wildman–Crippen MR) is 75.8 cm³/mol. The maximum atomic E-state index is 12.5. The monoisotopic (exact) mass is 300 g/mol. The number of likely N-dealkylation sites (tertiary alicyclic amines) is 1. The van der Waals surface area contributed by atoms with Gasteiger partial charge in [0, 0.05) is 19.1 Å². The predicted octanol–water partition coefficient (Wildman–Crippen LogP) is 1.18. The number of piperidine rings is 1. The molecule has 7 nitrogen and oxygen atoms in total. The highest BCUT2D eigenvalue weighted by atomic mass is 16.5. The third-order valence-electron chi connectivity index (χ3n) is 3.51. The van der Waals surface area contributed by atoms with Crippen LogP contribution in [0.4, 0.5) is 4.79 Å². The van der Waals surface area contributed by atoms with Gasteiger partial charge in [0.15, 0.2) is 0 Å². The first-order valence-electron chi connectivity index (χ1n) is 7.30. The number of nitrogens with zero attached hydrogens (tertiary/aromatic N) is 2. The van der Waals surface area contributed by atoms with E-state index < -0.39 is 17.9 Å². The molecule has 1 heterocycles. The van der Waals surface area contributed by atoms with Crippen molar-refractivity contribution in [3.8, 4) is 0 Å². The van der Waals surface area contributed by atoms with E-state index >= 15 is 0 Å². The lowest BCUT2D eigenvalue weighted by Crippen LogP contribution is -2.52. The summed E-state index contributed by atoms with van der Waals surface area (Å²) in [4.78, 5) is 38.1. The Bertz CT molecular complexity index is 397. The molecule has 1 aliphatic heterocycles. The van der Waals surface area contributed by atoms with E-state index in [0.29, 0.717) is 19.4 Å². The lowest BCUT2D eigenvalue weighted by atomic mass is 9.98. The summed E-state index contributed by atoms with van der Waals surface area (Å²) in [6.45, 7) is 6.21. The molecule has 0 aromatic rings. The minimum Gasteiger partial charge on any atom is -0.481 e. The lowest BCUT2D eigenvalue weighted by Gasteiger charge is -2.36. The van der Waals surface area contributed by atoms with Crippen LogP contribution >= 0.6 is 0 Å². The molecule has 0 aromatic carbocycles. The minimum absolute atomic E-state index is 0.113. The Balaban J connectivity index is 2.71. The van der Waals surface area contributed by atoms with Gasteiger partial charge in [-0.25, -0.2) is 4.79 Å². The SMILES string of the molecule is CCOC(=O)CN(C(=O)N1CCC[C@H](C(=O)O)C1)C(C)C. The Morgan fingerprint density at radius 3 is 2.57 bits per heavy atom. The van der Waals surface area contributed by atoms with Crippen LogP contribution in [0.5, 0.6) is 0 Å². The molecule has 0 unspecified atom stereocenters. The third kappa shape index (κ3) is 4.91. The Hall–Kier alpha value is -1.79. The second kappa shape index (κ2) is 7.85. The van der Waals surface area contributed by atoms with Crippen molar-refractivity contribution in [3.05, 3.63) is 0 Å². The number of carbonyl (C=O) groups is 3. The summed E-state index contributed by atoms with van der Waals surface area (Å²) < 4.78 is 4.87. The summed E-state index contributed by atoms with van der Waals surface area (Å²) in [6, 6.07) is -0.462. The summed E-state index contributed by atoms with van der Waals surface area (Å²) in [5.74, 6) is -1.86. The lowest BCUT2D eigenvalue weighted by molar-refractivity contribution is -0.145.